The standard InChI is InChI=1S/C12H14ClNO3/c1-12(2)6-17-11(16)14-10(12)7-4-3-5-8(13)9(7)15/h3-5,10,15H,6H2,1-2H3,(H,14,16)/t10-/m1/s1. The van der Waals surface area contributed by atoms with Crippen LogP contribution in [0.25, 0.3) is 0 Å². The smallest absolute Gasteiger partial charge is 0.407 e. The SMILES string of the molecule is CC1(C)COC(=O)N[C@@H]1c1cccc(Cl)c1O. The van der Waals surface area contributed by atoms with Gasteiger partial charge in [-0.1, -0.05) is 37.6 Å². The fourth-order valence-corrected chi connectivity index (χ4v) is 2.14. The van der Waals surface area contributed by atoms with Gasteiger partial charge in [0.1, 0.15) is 12.4 Å². The summed E-state index contributed by atoms with van der Waals surface area (Å²) in [5, 5.41) is 12.9. The monoisotopic (exact) mass is 255 g/mol. The number of nitrogens with one attached hydrogen (secondary N) is 1. The van der Waals surface area contributed by atoms with Crippen LogP contribution in [-0.4, -0.2) is 17.8 Å². The van der Waals surface area contributed by atoms with E-state index in [1.807, 2.05) is 13.8 Å². The van der Waals surface area contributed by atoms with Crippen LogP contribution in [0, 0.1) is 5.41 Å². The van der Waals surface area contributed by atoms with E-state index in [4.69, 9.17) is 16.3 Å². The van der Waals surface area contributed by atoms with Gasteiger partial charge >= 0.3 is 6.09 Å². The van der Waals surface area contributed by atoms with Gasteiger partial charge in [0.05, 0.1) is 11.1 Å². The summed E-state index contributed by atoms with van der Waals surface area (Å²) in [5.74, 6) is 0.00874. The van der Waals surface area contributed by atoms with Crippen molar-refractivity contribution in [1.29, 1.82) is 0 Å². The Balaban J connectivity index is 2.43. The van der Waals surface area contributed by atoms with Gasteiger partial charge in [0.25, 0.3) is 0 Å². The lowest BCUT2D eigenvalue weighted by Crippen LogP contribution is -2.46. The number of ether oxygens (including phenoxy) is 1. The number of benzene rings is 1. The first-order valence-electron chi connectivity index (χ1n) is 5.32. The van der Waals surface area contributed by atoms with E-state index in [1.54, 1.807) is 18.2 Å². The van der Waals surface area contributed by atoms with Gasteiger partial charge in [-0.25, -0.2) is 4.79 Å². The van der Waals surface area contributed by atoms with Gasteiger partial charge in [0, 0.05) is 11.0 Å². The molecule has 0 radical (unpaired) electrons. The lowest BCUT2D eigenvalue weighted by Gasteiger charge is -2.38. The van der Waals surface area contributed by atoms with Gasteiger partial charge in [-0.3, -0.25) is 0 Å². The molecule has 1 saturated heterocycles. The van der Waals surface area contributed by atoms with Crippen LogP contribution in [0.5, 0.6) is 5.75 Å². The molecule has 0 unspecified atom stereocenters. The van der Waals surface area contributed by atoms with Crippen molar-refractivity contribution >= 4 is 17.7 Å². The number of amides is 1. The Kier molecular flexibility index (Phi) is 2.91. The number of para-hydroxylation sites is 1. The highest BCUT2D eigenvalue weighted by atomic mass is 35.5. The van der Waals surface area contributed by atoms with Crippen molar-refractivity contribution in [3.63, 3.8) is 0 Å². The first kappa shape index (κ1) is 12.0. The number of carbonyl (C=O) groups excluding carboxylic acids is 1. The maximum atomic E-state index is 11.3. The molecule has 1 aliphatic heterocycles. The first-order chi connectivity index (χ1) is 7.92. The Labute approximate surface area is 105 Å². The molecule has 2 N–H and O–H groups in total. The quantitative estimate of drug-likeness (QED) is 0.811. The number of hydrogen-bond acceptors (Lipinski definition) is 3. The highest BCUT2D eigenvalue weighted by Crippen LogP contribution is 2.41. The van der Waals surface area contributed by atoms with E-state index in [0.717, 1.165) is 0 Å². The van der Waals surface area contributed by atoms with Gasteiger partial charge in [-0.15, -0.1) is 0 Å². The molecule has 0 spiro atoms. The predicted octanol–water partition coefficient (Wildman–Crippen LogP) is 2.85. The third kappa shape index (κ3) is 2.17. The topological polar surface area (TPSA) is 58.6 Å². The van der Waals surface area contributed by atoms with Crippen LogP contribution < -0.4 is 5.32 Å². The van der Waals surface area contributed by atoms with Crippen LogP contribution in [0.2, 0.25) is 5.02 Å². The Hall–Kier alpha value is -1.42. The van der Waals surface area contributed by atoms with Crippen molar-refractivity contribution in [3.8, 4) is 5.75 Å². The van der Waals surface area contributed by atoms with Gasteiger partial charge < -0.3 is 15.2 Å². The van der Waals surface area contributed by atoms with Crippen LogP contribution in [0.15, 0.2) is 18.2 Å². The molecular weight excluding hydrogens is 242 g/mol. The molecule has 92 valence electrons. The van der Waals surface area contributed by atoms with Crippen molar-refractivity contribution in [2.24, 2.45) is 5.41 Å². The molecule has 0 saturated carbocycles. The van der Waals surface area contributed by atoms with Crippen molar-refractivity contribution in [3.05, 3.63) is 28.8 Å². The molecule has 0 bridgehead atoms. The number of carbonyl (C=O) groups is 1. The van der Waals surface area contributed by atoms with Crippen LogP contribution in [0.4, 0.5) is 4.79 Å². The minimum Gasteiger partial charge on any atom is -0.506 e. The van der Waals surface area contributed by atoms with Gasteiger partial charge in [0.2, 0.25) is 0 Å². The number of halogens is 1. The minimum atomic E-state index is -0.478. The molecule has 1 aromatic carbocycles. The molecule has 0 aliphatic carbocycles. The lowest BCUT2D eigenvalue weighted by atomic mass is 9.80. The van der Waals surface area contributed by atoms with Crippen LogP contribution in [0.3, 0.4) is 0 Å². The number of cyclic esters (lactones) is 1. The molecule has 4 nitrogen and oxygen atoms in total. The second kappa shape index (κ2) is 4.11. The molecule has 1 amide bonds. The maximum Gasteiger partial charge on any atom is 0.407 e. The van der Waals surface area contributed by atoms with E-state index in [1.165, 1.54) is 0 Å². The number of alkyl carbamates (subject to hydrolysis) is 1. The molecule has 1 fully saturated rings. The van der Waals surface area contributed by atoms with Crippen LogP contribution >= 0.6 is 11.6 Å². The fourth-order valence-electron chi connectivity index (χ4n) is 1.95. The number of phenols is 1. The zero-order valence-electron chi connectivity index (χ0n) is 9.66. The predicted molar refractivity (Wildman–Crippen MR) is 64.1 cm³/mol. The molecule has 1 heterocycles. The Morgan fingerprint density at radius 1 is 1.53 bits per heavy atom. The molecule has 1 aliphatic rings. The van der Waals surface area contributed by atoms with Crippen molar-refractivity contribution in [1.82, 2.24) is 5.32 Å². The summed E-state index contributed by atoms with van der Waals surface area (Å²) in [4.78, 5) is 11.3. The highest BCUT2D eigenvalue weighted by Gasteiger charge is 2.39. The summed E-state index contributed by atoms with van der Waals surface area (Å²) < 4.78 is 4.95. The van der Waals surface area contributed by atoms with Crippen LogP contribution in [-0.2, 0) is 4.74 Å². The lowest BCUT2D eigenvalue weighted by molar-refractivity contribution is 0.0381. The average molecular weight is 256 g/mol. The second-order valence-electron chi connectivity index (χ2n) is 4.82. The molecule has 2 rings (SSSR count). The van der Waals surface area contributed by atoms with Crippen molar-refractivity contribution in [2.75, 3.05) is 6.61 Å². The summed E-state index contributed by atoms with van der Waals surface area (Å²) in [6.45, 7) is 4.21. The molecule has 0 aromatic heterocycles. The van der Waals surface area contributed by atoms with Gasteiger partial charge in [-0.05, 0) is 6.07 Å². The van der Waals surface area contributed by atoms with E-state index in [0.29, 0.717) is 12.2 Å². The number of phenolic OH excluding ortho intramolecular Hbond substituents is 1. The Morgan fingerprint density at radius 2 is 2.24 bits per heavy atom. The molecular formula is C12H14ClNO3. The van der Waals surface area contributed by atoms with Crippen LogP contribution in [0.1, 0.15) is 25.5 Å². The largest absolute Gasteiger partial charge is 0.506 e. The number of rotatable bonds is 1. The Morgan fingerprint density at radius 3 is 2.94 bits per heavy atom. The summed E-state index contributed by atoms with van der Waals surface area (Å²) in [5.41, 5.74) is 0.301. The fraction of sp³-hybridized carbons (Fsp3) is 0.417. The summed E-state index contributed by atoms with van der Waals surface area (Å²) >= 11 is 5.87. The summed E-state index contributed by atoms with van der Waals surface area (Å²) in [6.07, 6.45) is -0.478. The minimum absolute atomic E-state index is 0.00874. The van der Waals surface area contributed by atoms with E-state index in [-0.39, 0.29) is 22.2 Å². The Bertz CT molecular complexity index is 459. The van der Waals surface area contributed by atoms with Crippen molar-refractivity contribution in [2.45, 2.75) is 19.9 Å². The van der Waals surface area contributed by atoms with Gasteiger partial charge in [-0.2, -0.15) is 0 Å². The number of hydrogen-bond donors (Lipinski definition) is 2. The van der Waals surface area contributed by atoms with E-state index in [9.17, 15) is 9.90 Å². The maximum absolute atomic E-state index is 11.3. The van der Waals surface area contributed by atoms with Gasteiger partial charge in [0.15, 0.2) is 0 Å². The molecule has 5 heteroatoms. The number of aromatic hydroxyl groups is 1. The van der Waals surface area contributed by atoms with E-state index >= 15 is 0 Å². The average Bonchev–Trinajstić information content (AvgIpc) is 2.26. The third-order valence-corrected chi connectivity index (χ3v) is 3.25. The molecule has 17 heavy (non-hydrogen) atoms. The zero-order valence-corrected chi connectivity index (χ0v) is 10.4. The third-order valence-electron chi connectivity index (χ3n) is 2.95. The highest BCUT2D eigenvalue weighted by molar-refractivity contribution is 6.32. The van der Waals surface area contributed by atoms with E-state index < -0.39 is 6.09 Å². The molecule has 1 atom stereocenters. The van der Waals surface area contributed by atoms with Crippen molar-refractivity contribution < 1.29 is 14.6 Å². The zero-order chi connectivity index (χ0) is 12.6. The first-order valence-corrected chi connectivity index (χ1v) is 5.70. The second-order valence-corrected chi connectivity index (χ2v) is 5.23. The normalized spacial score (nSPS) is 22.8. The molecule has 1 aromatic rings. The summed E-state index contributed by atoms with van der Waals surface area (Å²) in [7, 11) is 0. The summed E-state index contributed by atoms with van der Waals surface area (Å²) in [6, 6.07) is 4.78. The van der Waals surface area contributed by atoms with E-state index in [2.05, 4.69) is 5.32 Å².